The second kappa shape index (κ2) is 4.81. The van der Waals surface area contributed by atoms with Crippen LogP contribution in [0, 0.1) is 23.0 Å². The maximum atomic E-state index is 11.2. The first-order chi connectivity index (χ1) is 9.15. The molecule has 3 rings (SSSR count). The Hall–Kier alpha value is -1.62. The van der Waals surface area contributed by atoms with E-state index in [9.17, 15) is 10.1 Å². The molecule has 2 aliphatic rings. The van der Waals surface area contributed by atoms with Gasteiger partial charge in [0.25, 0.3) is 5.69 Å². The predicted octanol–water partition coefficient (Wildman–Crippen LogP) is 2.09. The Kier molecular flexibility index (Phi) is 3.14. The van der Waals surface area contributed by atoms with E-state index in [1.807, 2.05) is 19.1 Å². The number of benzene rings is 1. The Balaban J connectivity index is 1.87. The highest BCUT2D eigenvalue weighted by atomic mass is 16.6. The first-order valence-electron chi connectivity index (χ1n) is 6.88. The van der Waals surface area contributed by atoms with Crippen molar-refractivity contribution in [3.63, 3.8) is 0 Å². The molecule has 2 atom stereocenters. The lowest BCUT2D eigenvalue weighted by molar-refractivity contribution is -0.384. The quantitative estimate of drug-likeness (QED) is 0.654. The SMILES string of the molecule is Cc1ccc(N2CCC3NCCC3C2)c([N+](=O)[O-])c1. The van der Waals surface area contributed by atoms with E-state index in [4.69, 9.17) is 0 Å². The van der Waals surface area contributed by atoms with E-state index in [1.165, 1.54) is 6.42 Å². The fourth-order valence-corrected chi connectivity index (χ4v) is 3.31. The molecule has 2 aliphatic heterocycles. The van der Waals surface area contributed by atoms with Gasteiger partial charge in [0, 0.05) is 25.2 Å². The summed E-state index contributed by atoms with van der Waals surface area (Å²) in [5, 5.41) is 14.7. The zero-order chi connectivity index (χ0) is 13.4. The van der Waals surface area contributed by atoms with E-state index in [0.717, 1.165) is 37.3 Å². The molecule has 1 aromatic carbocycles. The lowest BCUT2D eigenvalue weighted by Gasteiger charge is -2.36. The molecule has 0 saturated carbocycles. The number of rotatable bonds is 2. The van der Waals surface area contributed by atoms with Crippen molar-refractivity contribution in [3.8, 4) is 0 Å². The molecule has 102 valence electrons. The van der Waals surface area contributed by atoms with Crippen molar-refractivity contribution >= 4 is 11.4 Å². The number of aryl methyl sites for hydroxylation is 1. The first-order valence-corrected chi connectivity index (χ1v) is 6.88. The molecule has 1 N–H and O–H groups in total. The third-order valence-corrected chi connectivity index (χ3v) is 4.32. The van der Waals surface area contributed by atoms with Gasteiger partial charge in [0.15, 0.2) is 0 Å². The van der Waals surface area contributed by atoms with Crippen molar-refractivity contribution in [2.75, 3.05) is 24.5 Å². The minimum atomic E-state index is -0.263. The topological polar surface area (TPSA) is 58.4 Å². The van der Waals surface area contributed by atoms with Crippen molar-refractivity contribution in [1.82, 2.24) is 5.32 Å². The molecule has 2 unspecified atom stereocenters. The van der Waals surface area contributed by atoms with Crippen LogP contribution in [-0.4, -0.2) is 30.6 Å². The van der Waals surface area contributed by atoms with E-state index in [2.05, 4.69) is 10.2 Å². The maximum absolute atomic E-state index is 11.2. The van der Waals surface area contributed by atoms with Gasteiger partial charge in [0.2, 0.25) is 0 Å². The van der Waals surface area contributed by atoms with E-state index >= 15 is 0 Å². The van der Waals surface area contributed by atoms with Gasteiger partial charge in [0.05, 0.1) is 4.92 Å². The van der Waals surface area contributed by atoms with Gasteiger partial charge in [-0.15, -0.1) is 0 Å². The van der Waals surface area contributed by atoms with Crippen LogP contribution in [0.25, 0.3) is 0 Å². The number of nitro groups is 1. The number of hydrogen-bond donors (Lipinski definition) is 1. The number of nitrogens with zero attached hydrogens (tertiary/aromatic N) is 2. The highest BCUT2D eigenvalue weighted by Crippen LogP contribution is 2.34. The van der Waals surface area contributed by atoms with Gasteiger partial charge < -0.3 is 10.2 Å². The molecule has 5 nitrogen and oxygen atoms in total. The van der Waals surface area contributed by atoms with Crippen LogP contribution in [0.4, 0.5) is 11.4 Å². The normalized spacial score (nSPS) is 26.3. The molecular weight excluding hydrogens is 242 g/mol. The van der Waals surface area contributed by atoms with Crippen LogP contribution in [0.2, 0.25) is 0 Å². The molecule has 0 spiro atoms. The highest BCUT2D eigenvalue weighted by molar-refractivity contribution is 5.64. The van der Waals surface area contributed by atoms with Crippen molar-refractivity contribution in [2.45, 2.75) is 25.8 Å². The van der Waals surface area contributed by atoms with Crippen molar-refractivity contribution in [2.24, 2.45) is 5.92 Å². The summed E-state index contributed by atoms with van der Waals surface area (Å²) < 4.78 is 0. The average Bonchev–Trinajstić information content (AvgIpc) is 2.85. The molecular formula is C14H19N3O2. The summed E-state index contributed by atoms with van der Waals surface area (Å²) >= 11 is 0. The van der Waals surface area contributed by atoms with Crippen molar-refractivity contribution < 1.29 is 4.92 Å². The molecule has 2 saturated heterocycles. The molecule has 0 radical (unpaired) electrons. The predicted molar refractivity (Wildman–Crippen MR) is 74.6 cm³/mol. The molecule has 0 bridgehead atoms. The zero-order valence-corrected chi connectivity index (χ0v) is 11.1. The van der Waals surface area contributed by atoms with Crippen LogP contribution in [0.1, 0.15) is 18.4 Å². The zero-order valence-electron chi connectivity index (χ0n) is 11.1. The summed E-state index contributed by atoms with van der Waals surface area (Å²) in [6.45, 7) is 4.81. The van der Waals surface area contributed by atoms with E-state index in [1.54, 1.807) is 6.07 Å². The second-order valence-electron chi connectivity index (χ2n) is 5.59. The van der Waals surface area contributed by atoms with Gasteiger partial charge in [-0.2, -0.15) is 0 Å². The third kappa shape index (κ3) is 2.30. The summed E-state index contributed by atoms with van der Waals surface area (Å²) in [5.74, 6) is 0.634. The van der Waals surface area contributed by atoms with Gasteiger partial charge in [-0.3, -0.25) is 10.1 Å². The van der Waals surface area contributed by atoms with Gasteiger partial charge in [0.1, 0.15) is 5.69 Å². The third-order valence-electron chi connectivity index (χ3n) is 4.32. The Morgan fingerprint density at radius 1 is 1.42 bits per heavy atom. The van der Waals surface area contributed by atoms with E-state index < -0.39 is 0 Å². The summed E-state index contributed by atoms with van der Waals surface area (Å²) in [6.07, 6.45) is 2.26. The summed E-state index contributed by atoms with van der Waals surface area (Å²) in [4.78, 5) is 13.1. The summed E-state index contributed by atoms with van der Waals surface area (Å²) in [5.41, 5.74) is 1.96. The summed E-state index contributed by atoms with van der Waals surface area (Å²) in [6, 6.07) is 6.15. The van der Waals surface area contributed by atoms with Gasteiger partial charge >= 0.3 is 0 Å². The first kappa shape index (κ1) is 12.4. The number of fused-ring (bicyclic) bond motifs is 1. The number of nitrogens with one attached hydrogen (secondary N) is 1. The molecule has 2 heterocycles. The fraction of sp³-hybridized carbons (Fsp3) is 0.571. The largest absolute Gasteiger partial charge is 0.366 e. The van der Waals surface area contributed by atoms with E-state index in [-0.39, 0.29) is 10.6 Å². The fourth-order valence-electron chi connectivity index (χ4n) is 3.31. The van der Waals surface area contributed by atoms with Crippen molar-refractivity contribution in [3.05, 3.63) is 33.9 Å². The van der Waals surface area contributed by atoms with Crippen LogP contribution >= 0.6 is 0 Å². The Morgan fingerprint density at radius 2 is 2.26 bits per heavy atom. The molecule has 2 fully saturated rings. The molecule has 0 aromatic heterocycles. The van der Waals surface area contributed by atoms with Crippen LogP contribution < -0.4 is 10.2 Å². The van der Waals surface area contributed by atoms with Gasteiger partial charge in [-0.25, -0.2) is 0 Å². The monoisotopic (exact) mass is 261 g/mol. The molecule has 19 heavy (non-hydrogen) atoms. The van der Waals surface area contributed by atoms with Crippen LogP contribution in [0.15, 0.2) is 18.2 Å². The number of nitro benzene ring substituents is 1. The summed E-state index contributed by atoms with van der Waals surface area (Å²) in [7, 11) is 0. The molecule has 5 heteroatoms. The number of hydrogen-bond acceptors (Lipinski definition) is 4. The lowest BCUT2D eigenvalue weighted by atomic mass is 9.93. The minimum Gasteiger partial charge on any atom is -0.366 e. The van der Waals surface area contributed by atoms with Crippen LogP contribution in [0.3, 0.4) is 0 Å². The van der Waals surface area contributed by atoms with Crippen LogP contribution in [0.5, 0.6) is 0 Å². The van der Waals surface area contributed by atoms with Gasteiger partial charge in [-0.05, 0) is 43.9 Å². The van der Waals surface area contributed by atoms with Gasteiger partial charge in [-0.1, -0.05) is 6.07 Å². The highest BCUT2D eigenvalue weighted by Gasteiger charge is 2.34. The Morgan fingerprint density at radius 3 is 3.05 bits per heavy atom. The minimum absolute atomic E-state index is 0.240. The Labute approximate surface area is 112 Å². The number of piperidine rings is 1. The molecule has 0 aliphatic carbocycles. The molecule has 0 amide bonds. The molecule has 1 aromatic rings. The lowest BCUT2D eigenvalue weighted by Crippen LogP contribution is -2.44. The van der Waals surface area contributed by atoms with Crippen molar-refractivity contribution in [1.29, 1.82) is 0 Å². The maximum Gasteiger partial charge on any atom is 0.292 e. The Bertz CT molecular complexity index is 503. The van der Waals surface area contributed by atoms with E-state index in [0.29, 0.717) is 12.0 Å². The number of anilines is 1. The average molecular weight is 261 g/mol. The smallest absolute Gasteiger partial charge is 0.292 e. The second-order valence-corrected chi connectivity index (χ2v) is 5.59. The standard InChI is InChI=1S/C14H19N3O2/c1-10-2-3-13(14(8-10)17(18)19)16-7-5-12-11(9-16)4-6-15-12/h2-3,8,11-12,15H,4-7,9H2,1H3. The van der Waals surface area contributed by atoms with Crippen LogP contribution in [-0.2, 0) is 0 Å².